The predicted octanol–water partition coefficient (Wildman–Crippen LogP) is 1.48. The molecule has 1 aliphatic heterocycles. The molecule has 0 saturated carbocycles. The van der Waals surface area contributed by atoms with Crippen molar-refractivity contribution in [1.82, 2.24) is 10.6 Å². The van der Waals surface area contributed by atoms with Crippen LogP contribution in [0.15, 0.2) is 41.8 Å². The molecule has 0 unspecified atom stereocenters. The molecule has 3 rings (SSSR count). The molecule has 1 aromatic heterocycles. The van der Waals surface area contributed by atoms with Gasteiger partial charge in [0.1, 0.15) is 5.75 Å². The highest BCUT2D eigenvalue weighted by Gasteiger charge is 2.25. The maximum atomic E-state index is 12.1. The van der Waals surface area contributed by atoms with E-state index in [2.05, 4.69) is 10.6 Å². The highest BCUT2D eigenvalue weighted by atomic mass is 32.1. The molecule has 0 atom stereocenters. The second-order valence-corrected chi connectivity index (χ2v) is 7.38. The SMILES string of the molecule is O=C(COC(=O)CCN1C(=O)COc2ccccc21)NC(=O)NCCc1cccs1. The maximum absolute atomic E-state index is 12.1. The number of thiophene rings is 1. The van der Waals surface area contributed by atoms with Gasteiger partial charge in [-0.3, -0.25) is 19.7 Å². The van der Waals surface area contributed by atoms with Crippen LogP contribution in [0.25, 0.3) is 0 Å². The number of hydrogen-bond acceptors (Lipinski definition) is 7. The van der Waals surface area contributed by atoms with Crippen molar-refractivity contribution in [3.8, 4) is 5.75 Å². The zero-order chi connectivity index (χ0) is 21.3. The van der Waals surface area contributed by atoms with E-state index in [0.29, 0.717) is 24.4 Å². The van der Waals surface area contributed by atoms with E-state index >= 15 is 0 Å². The van der Waals surface area contributed by atoms with Crippen molar-refractivity contribution in [2.24, 2.45) is 0 Å². The van der Waals surface area contributed by atoms with Crippen LogP contribution in [0, 0.1) is 0 Å². The summed E-state index contributed by atoms with van der Waals surface area (Å²) >= 11 is 1.58. The first kappa shape index (κ1) is 21.3. The number of nitrogens with one attached hydrogen (secondary N) is 2. The third-order valence-electron chi connectivity index (χ3n) is 4.20. The Balaban J connectivity index is 1.35. The molecule has 4 amide bonds. The average molecular weight is 431 g/mol. The van der Waals surface area contributed by atoms with Gasteiger partial charge in [0.05, 0.1) is 12.1 Å². The molecular formula is C20H21N3O6S. The zero-order valence-corrected chi connectivity index (χ0v) is 16.9. The lowest BCUT2D eigenvalue weighted by atomic mass is 10.2. The van der Waals surface area contributed by atoms with Crippen LogP contribution in [0.5, 0.6) is 5.75 Å². The number of carbonyl (C=O) groups excluding carboxylic acids is 4. The van der Waals surface area contributed by atoms with Crippen LogP contribution in [0.4, 0.5) is 10.5 Å². The van der Waals surface area contributed by atoms with E-state index < -0.39 is 24.5 Å². The number of benzene rings is 1. The van der Waals surface area contributed by atoms with Gasteiger partial charge in [-0.1, -0.05) is 18.2 Å². The van der Waals surface area contributed by atoms with Crippen LogP contribution >= 0.6 is 11.3 Å². The summed E-state index contributed by atoms with van der Waals surface area (Å²) in [7, 11) is 0. The summed E-state index contributed by atoms with van der Waals surface area (Å²) in [5, 5.41) is 6.60. The van der Waals surface area contributed by atoms with Gasteiger partial charge in [-0.15, -0.1) is 11.3 Å². The summed E-state index contributed by atoms with van der Waals surface area (Å²) in [6.07, 6.45) is 0.567. The van der Waals surface area contributed by atoms with E-state index in [4.69, 9.17) is 9.47 Å². The summed E-state index contributed by atoms with van der Waals surface area (Å²) in [5.41, 5.74) is 0.582. The Bertz CT molecular complexity index is 915. The smallest absolute Gasteiger partial charge is 0.321 e. The van der Waals surface area contributed by atoms with Crippen molar-refractivity contribution in [2.45, 2.75) is 12.8 Å². The quantitative estimate of drug-likeness (QED) is 0.612. The maximum Gasteiger partial charge on any atom is 0.321 e. The minimum absolute atomic E-state index is 0.0969. The summed E-state index contributed by atoms with van der Waals surface area (Å²) in [6, 6.07) is 10.2. The first-order valence-corrected chi connectivity index (χ1v) is 10.2. The van der Waals surface area contributed by atoms with Gasteiger partial charge < -0.3 is 19.7 Å². The number of carbonyl (C=O) groups is 4. The fourth-order valence-electron chi connectivity index (χ4n) is 2.78. The molecule has 0 spiro atoms. The Labute approximate surface area is 177 Å². The molecule has 2 heterocycles. The Morgan fingerprint density at radius 1 is 1.17 bits per heavy atom. The first-order chi connectivity index (χ1) is 14.5. The summed E-state index contributed by atoms with van der Waals surface area (Å²) in [5.74, 6) is -1.09. The van der Waals surface area contributed by atoms with E-state index in [0.717, 1.165) is 4.88 Å². The Morgan fingerprint density at radius 3 is 2.80 bits per heavy atom. The molecule has 0 radical (unpaired) electrons. The lowest BCUT2D eigenvalue weighted by molar-refractivity contribution is -0.148. The Kier molecular flexibility index (Phi) is 7.39. The van der Waals surface area contributed by atoms with Crippen LogP contribution < -0.4 is 20.3 Å². The fraction of sp³-hybridized carbons (Fsp3) is 0.300. The van der Waals surface area contributed by atoms with Gasteiger partial charge >= 0.3 is 12.0 Å². The van der Waals surface area contributed by atoms with Crippen LogP contribution in [-0.4, -0.2) is 50.1 Å². The van der Waals surface area contributed by atoms with Crippen LogP contribution in [0.2, 0.25) is 0 Å². The van der Waals surface area contributed by atoms with Crippen molar-refractivity contribution in [3.05, 3.63) is 46.7 Å². The summed E-state index contributed by atoms with van der Waals surface area (Å²) in [4.78, 5) is 50.0. The second kappa shape index (κ2) is 10.4. The number of hydrogen-bond donors (Lipinski definition) is 2. The van der Waals surface area contributed by atoms with Gasteiger partial charge in [-0.2, -0.15) is 0 Å². The third-order valence-corrected chi connectivity index (χ3v) is 5.14. The molecule has 9 nitrogen and oxygen atoms in total. The highest BCUT2D eigenvalue weighted by molar-refractivity contribution is 7.09. The van der Waals surface area contributed by atoms with Crippen LogP contribution in [-0.2, 0) is 25.5 Å². The van der Waals surface area contributed by atoms with Gasteiger partial charge in [-0.05, 0) is 30.0 Å². The molecule has 2 aromatic rings. The Morgan fingerprint density at radius 2 is 2.00 bits per heavy atom. The number of esters is 1. The van der Waals surface area contributed by atoms with Crippen molar-refractivity contribution < 1.29 is 28.7 Å². The Hall–Kier alpha value is -3.40. The monoisotopic (exact) mass is 431 g/mol. The van der Waals surface area contributed by atoms with Crippen LogP contribution in [0.1, 0.15) is 11.3 Å². The molecule has 158 valence electrons. The number of ether oxygens (including phenoxy) is 2. The number of amides is 4. The van der Waals surface area contributed by atoms with Gasteiger partial charge in [0.25, 0.3) is 11.8 Å². The predicted molar refractivity (Wildman–Crippen MR) is 109 cm³/mol. The minimum atomic E-state index is -0.732. The van der Waals surface area contributed by atoms with Crippen LogP contribution in [0.3, 0.4) is 0 Å². The number of fused-ring (bicyclic) bond motifs is 1. The molecule has 1 aliphatic rings. The topological polar surface area (TPSA) is 114 Å². The van der Waals surface area contributed by atoms with Gasteiger partial charge in [0.15, 0.2) is 13.2 Å². The molecule has 1 aromatic carbocycles. The molecule has 2 N–H and O–H groups in total. The van der Waals surface area contributed by atoms with Gasteiger partial charge in [-0.25, -0.2) is 4.79 Å². The molecule has 10 heteroatoms. The van der Waals surface area contributed by atoms with E-state index in [1.54, 1.807) is 35.6 Å². The normalized spacial score (nSPS) is 12.5. The van der Waals surface area contributed by atoms with E-state index in [9.17, 15) is 19.2 Å². The number of anilines is 1. The van der Waals surface area contributed by atoms with E-state index in [1.807, 2.05) is 17.5 Å². The molecular weight excluding hydrogens is 410 g/mol. The summed E-state index contributed by atoms with van der Waals surface area (Å²) < 4.78 is 10.2. The number of imide groups is 1. The molecule has 30 heavy (non-hydrogen) atoms. The lowest BCUT2D eigenvalue weighted by Crippen LogP contribution is -2.42. The number of rotatable bonds is 8. The number of para-hydroxylation sites is 2. The first-order valence-electron chi connectivity index (χ1n) is 9.31. The molecule has 0 bridgehead atoms. The average Bonchev–Trinajstić information content (AvgIpc) is 3.25. The standard InChI is InChI=1S/C20H21N3O6S/c24-17(22-20(27)21-9-7-14-4-3-11-30-14)12-29-19(26)8-10-23-15-5-1-2-6-16(15)28-13-18(23)25/h1-6,11H,7-10,12-13H2,(H2,21,22,24,27). The minimum Gasteiger partial charge on any atom is -0.482 e. The number of urea groups is 1. The van der Waals surface area contributed by atoms with Crippen molar-refractivity contribution in [3.63, 3.8) is 0 Å². The fourth-order valence-corrected chi connectivity index (χ4v) is 3.49. The van der Waals surface area contributed by atoms with Crippen molar-refractivity contribution in [2.75, 3.05) is 31.2 Å². The molecule has 0 saturated heterocycles. The largest absolute Gasteiger partial charge is 0.482 e. The van der Waals surface area contributed by atoms with Crippen molar-refractivity contribution >= 4 is 40.8 Å². The second-order valence-electron chi connectivity index (χ2n) is 6.35. The summed E-state index contributed by atoms with van der Waals surface area (Å²) in [6.45, 7) is -0.196. The molecule has 0 fully saturated rings. The zero-order valence-electron chi connectivity index (χ0n) is 16.1. The van der Waals surface area contributed by atoms with Crippen molar-refractivity contribution in [1.29, 1.82) is 0 Å². The molecule has 0 aliphatic carbocycles. The third kappa shape index (κ3) is 6.05. The van der Waals surface area contributed by atoms with Gasteiger partial charge in [0.2, 0.25) is 0 Å². The van der Waals surface area contributed by atoms with E-state index in [-0.39, 0.29) is 25.5 Å². The number of nitrogens with zero attached hydrogens (tertiary/aromatic N) is 1. The lowest BCUT2D eigenvalue weighted by Gasteiger charge is -2.28. The van der Waals surface area contributed by atoms with Gasteiger partial charge in [0, 0.05) is 18.0 Å². The van der Waals surface area contributed by atoms with E-state index in [1.165, 1.54) is 4.90 Å². The highest BCUT2D eigenvalue weighted by Crippen LogP contribution is 2.31.